The molecular weight excluding hydrogens is 286 g/mol. The molecule has 6 nitrogen and oxygen atoms in total. The Labute approximate surface area is 126 Å². The van der Waals surface area contributed by atoms with Crippen molar-refractivity contribution in [2.24, 2.45) is 0 Å². The van der Waals surface area contributed by atoms with Crippen LogP contribution in [0.15, 0.2) is 40.0 Å². The lowest BCUT2D eigenvalue weighted by Crippen LogP contribution is -2.04. The minimum Gasteiger partial charge on any atom is -0.340 e. The number of aryl methyl sites for hydroxylation is 2. The molecule has 0 aliphatic carbocycles. The highest BCUT2D eigenvalue weighted by molar-refractivity contribution is 7.98. The highest BCUT2D eigenvalue weighted by Gasteiger charge is 2.12. The molecule has 108 valence electrons. The predicted molar refractivity (Wildman–Crippen MR) is 78.9 cm³/mol. The highest BCUT2D eigenvalue weighted by Crippen LogP contribution is 2.21. The molecule has 0 atom stereocenters. The second-order valence-corrected chi connectivity index (χ2v) is 5.56. The zero-order valence-corrected chi connectivity index (χ0v) is 12.7. The van der Waals surface area contributed by atoms with Gasteiger partial charge in [0.1, 0.15) is 5.82 Å². The molecule has 21 heavy (non-hydrogen) atoms. The first-order valence-electron chi connectivity index (χ1n) is 6.58. The minimum atomic E-state index is 0.576. The van der Waals surface area contributed by atoms with Crippen molar-refractivity contribution in [1.82, 2.24) is 24.9 Å². The molecule has 2 heterocycles. The van der Waals surface area contributed by atoms with Gasteiger partial charge in [0, 0.05) is 6.92 Å². The zero-order chi connectivity index (χ0) is 14.7. The summed E-state index contributed by atoms with van der Waals surface area (Å²) in [6, 6.07) is 10.3. The van der Waals surface area contributed by atoms with Crippen molar-refractivity contribution in [2.75, 3.05) is 0 Å². The van der Waals surface area contributed by atoms with E-state index in [-0.39, 0.29) is 0 Å². The molecule has 0 aliphatic rings. The first kappa shape index (κ1) is 13.8. The van der Waals surface area contributed by atoms with Crippen LogP contribution in [0.4, 0.5) is 0 Å². The summed E-state index contributed by atoms with van der Waals surface area (Å²) in [6.45, 7) is 4.50. The maximum absolute atomic E-state index is 4.97. The molecule has 3 rings (SSSR count). The van der Waals surface area contributed by atoms with Gasteiger partial charge in [0.15, 0.2) is 11.0 Å². The van der Waals surface area contributed by atoms with Gasteiger partial charge < -0.3 is 9.09 Å². The SMILES string of the molecule is Cc1nc(CSc2nnc(C)n2Cc2ccccc2)no1. The van der Waals surface area contributed by atoms with E-state index in [0.717, 1.165) is 17.5 Å². The maximum atomic E-state index is 4.97. The van der Waals surface area contributed by atoms with E-state index in [9.17, 15) is 0 Å². The normalized spacial score (nSPS) is 11.0. The molecule has 2 aromatic heterocycles. The van der Waals surface area contributed by atoms with E-state index in [1.165, 1.54) is 5.56 Å². The smallest absolute Gasteiger partial charge is 0.223 e. The summed E-state index contributed by atoms with van der Waals surface area (Å²) in [5.74, 6) is 2.76. The van der Waals surface area contributed by atoms with Crippen molar-refractivity contribution in [1.29, 1.82) is 0 Å². The van der Waals surface area contributed by atoms with Crippen LogP contribution in [0.25, 0.3) is 0 Å². The number of hydrogen-bond acceptors (Lipinski definition) is 6. The van der Waals surface area contributed by atoms with E-state index in [1.807, 2.05) is 25.1 Å². The molecule has 0 N–H and O–H groups in total. The van der Waals surface area contributed by atoms with Gasteiger partial charge >= 0.3 is 0 Å². The molecule has 0 saturated carbocycles. The molecule has 3 aromatic rings. The fraction of sp³-hybridized carbons (Fsp3) is 0.286. The summed E-state index contributed by atoms with van der Waals surface area (Å²) >= 11 is 1.56. The Bertz CT molecular complexity index is 722. The fourth-order valence-electron chi connectivity index (χ4n) is 1.95. The Morgan fingerprint density at radius 3 is 2.67 bits per heavy atom. The summed E-state index contributed by atoms with van der Waals surface area (Å²) in [5.41, 5.74) is 1.22. The lowest BCUT2D eigenvalue weighted by Gasteiger charge is -2.07. The lowest BCUT2D eigenvalue weighted by molar-refractivity contribution is 0.389. The molecule has 0 unspecified atom stereocenters. The van der Waals surface area contributed by atoms with Crippen molar-refractivity contribution in [3.63, 3.8) is 0 Å². The third kappa shape index (κ3) is 3.30. The van der Waals surface area contributed by atoms with Crippen LogP contribution in [0.2, 0.25) is 0 Å². The number of thioether (sulfide) groups is 1. The molecule has 0 radical (unpaired) electrons. The van der Waals surface area contributed by atoms with E-state index in [4.69, 9.17) is 4.52 Å². The molecule has 0 aliphatic heterocycles. The predicted octanol–water partition coefficient (Wildman–Crippen LogP) is 2.62. The first-order chi connectivity index (χ1) is 10.2. The van der Waals surface area contributed by atoms with E-state index >= 15 is 0 Å². The van der Waals surface area contributed by atoms with Gasteiger partial charge in [-0.05, 0) is 12.5 Å². The van der Waals surface area contributed by atoms with Crippen molar-refractivity contribution in [3.05, 3.63) is 53.4 Å². The Morgan fingerprint density at radius 1 is 1.14 bits per heavy atom. The quantitative estimate of drug-likeness (QED) is 0.675. The lowest BCUT2D eigenvalue weighted by atomic mass is 10.2. The van der Waals surface area contributed by atoms with Crippen LogP contribution in [0.1, 0.15) is 23.1 Å². The minimum absolute atomic E-state index is 0.576. The van der Waals surface area contributed by atoms with Crippen LogP contribution in [0.5, 0.6) is 0 Å². The second-order valence-electron chi connectivity index (χ2n) is 4.62. The van der Waals surface area contributed by atoms with Crippen molar-refractivity contribution < 1.29 is 4.52 Å². The molecule has 0 bridgehead atoms. The number of benzene rings is 1. The van der Waals surface area contributed by atoms with Gasteiger partial charge in [-0.1, -0.05) is 47.3 Å². The van der Waals surface area contributed by atoms with E-state index in [2.05, 4.69) is 37.0 Å². The Hall–Kier alpha value is -2.15. The number of rotatable bonds is 5. The third-order valence-electron chi connectivity index (χ3n) is 2.99. The largest absolute Gasteiger partial charge is 0.340 e. The van der Waals surface area contributed by atoms with Crippen molar-refractivity contribution in [3.8, 4) is 0 Å². The van der Waals surface area contributed by atoms with Crippen LogP contribution >= 0.6 is 11.8 Å². The van der Waals surface area contributed by atoms with Gasteiger partial charge in [-0.15, -0.1) is 10.2 Å². The van der Waals surface area contributed by atoms with E-state index < -0.39 is 0 Å². The summed E-state index contributed by atoms with van der Waals surface area (Å²) in [5, 5.41) is 13.1. The summed E-state index contributed by atoms with van der Waals surface area (Å²) in [7, 11) is 0. The zero-order valence-electron chi connectivity index (χ0n) is 11.9. The highest BCUT2D eigenvalue weighted by atomic mass is 32.2. The molecule has 0 spiro atoms. The number of aromatic nitrogens is 5. The fourth-order valence-corrected chi connectivity index (χ4v) is 2.77. The van der Waals surface area contributed by atoms with Gasteiger partial charge in [-0.3, -0.25) is 0 Å². The van der Waals surface area contributed by atoms with Crippen LogP contribution in [0, 0.1) is 13.8 Å². The van der Waals surface area contributed by atoms with Gasteiger partial charge in [0.25, 0.3) is 0 Å². The monoisotopic (exact) mass is 301 g/mol. The van der Waals surface area contributed by atoms with E-state index in [1.54, 1.807) is 18.7 Å². The summed E-state index contributed by atoms with van der Waals surface area (Å²) < 4.78 is 7.06. The van der Waals surface area contributed by atoms with Crippen LogP contribution in [-0.2, 0) is 12.3 Å². The molecular formula is C14H15N5OS. The molecule has 0 amide bonds. The van der Waals surface area contributed by atoms with E-state index in [0.29, 0.717) is 17.5 Å². The second kappa shape index (κ2) is 6.09. The van der Waals surface area contributed by atoms with Gasteiger partial charge in [0.2, 0.25) is 5.89 Å². The Morgan fingerprint density at radius 2 is 1.95 bits per heavy atom. The van der Waals surface area contributed by atoms with Crippen molar-refractivity contribution >= 4 is 11.8 Å². The van der Waals surface area contributed by atoms with Gasteiger partial charge in [0.05, 0.1) is 12.3 Å². The first-order valence-corrected chi connectivity index (χ1v) is 7.56. The topological polar surface area (TPSA) is 69.6 Å². The van der Waals surface area contributed by atoms with Crippen molar-refractivity contribution in [2.45, 2.75) is 31.3 Å². The standard InChI is InChI=1S/C14H15N5OS/c1-10-16-17-14(21-9-13-15-11(2)20-18-13)19(10)8-12-6-4-3-5-7-12/h3-7H,8-9H2,1-2H3. The summed E-state index contributed by atoms with van der Waals surface area (Å²) in [6.07, 6.45) is 0. The van der Waals surface area contributed by atoms with Crippen LogP contribution < -0.4 is 0 Å². The average Bonchev–Trinajstić information content (AvgIpc) is 3.06. The molecule has 0 fully saturated rings. The third-order valence-corrected chi connectivity index (χ3v) is 3.95. The van der Waals surface area contributed by atoms with Gasteiger partial charge in [-0.2, -0.15) is 4.98 Å². The van der Waals surface area contributed by atoms with Crippen LogP contribution in [0.3, 0.4) is 0 Å². The maximum Gasteiger partial charge on any atom is 0.223 e. The molecule has 1 aromatic carbocycles. The Kier molecular flexibility index (Phi) is 4.01. The Balaban J connectivity index is 1.74. The number of nitrogens with zero attached hydrogens (tertiary/aromatic N) is 5. The molecule has 0 saturated heterocycles. The van der Waals surface area contributed by atoms with Crippen LogP contribution in [-0.4, -0.2) is 24.9 Å². The molecule has 7 heteroatoms. The summed E-state index contributed by atoms with van der Waals surface area (Å²) in [4.78, 5) is 4.19. The van der Waals surface area contributed by atoms with Gasteiger partial charge in [-0.25, -0.2) is 0 Å². The average molecular weight is 301 g/mol. The number of hydrogen-bond donors (Lipinski definition) is 0.